The summed E-state index contributed by atoms with van der Waals surface area (Å²) in [6.07, 6.45) is 4.39. The highest BCUT2D eigenvalue weighted by Crippen LogP contribution is 2.03. The number of nitrogens with one attached hydrogen (secondary N) is 1. The van der Waals surface area contributed by atoms with E-state index in [9.17, 15) is 4.79 Å². The molecule has 1 heterocycles. The van der Waals surface area contributed by atoms with Crippen LogP contribution in [0.2, 0.25) is 0 Å². The second-order valence-corrected chi connectivity index (χ2v) is 4.58. The van der Waals surface area contributed by atoms with E-state index in [2.05, 4.69) is 10.3 Å². The molecule has 0 fully saturated rings. The van der Waals surface area contributed by atoms with Gasteiger partial charge in [-0.25, -0.2) is 4.98 Å². The van der Waals surface area contributed by atoms with Crippen LogP contribution in [0.4, 0.5) is 0 Å². The second-order valence-electron chi connectivity index (χ2n) is 4.58. The van der Waals surface area contributed by atoms with E-state index in [1.54, 1.807) is 6.20 Å². The molecule has 1 N–H and O–H groups in total. The number of nitrogens with zero attached hydrogens (tertiary/aromatic N) is 2. The zero-order valence-corrected chi connectivity index (χ0v) is 11.6. The van der Waals surface area contributed by atoms with Gasteiger partial charge in [0.2, 0.25) is 0 Å². The molecule has 1 aromatic heterocycles. The number of carbonyl (C=O) groups is 1. The molecule has 0 spiro atoms. The second kappa shape index (κ2) is 7.16. The third-order valence-electron chi connectivity index (χ3n) is 2.69. The van der Waals surface area contributed by atoms with Gasteiger partial charge in [0.15, 0.2) is 0 Å². The summed E-state index contributed by atoms with van der Waals surface area (Å²) in [5.74, 6) is 0.783. The topological polar surface area (TPSA) is 56.2 Å². The van der Waals surface area contributed by atoms with Crippen molar-refractivity contribution in [3.8, 4) is 0 Å². The number of rotatable bonds is 7. The quantitative estimate of drug-likeness (QED) is 0.748. The number of esters is 1. The minimum Gasteiger partial charge on any atom is -0.465 e. The maximum absolute atomic E-state index is 11.8. The monoisotopic (exact) mass is 253 g/mol. The SMILES string of the molecule is CCOC(=O)C(CCn1ccnc1C)NC(C)C. The zero-order valence-electron chi connectivity index (χ0n) is 11.6. The molecule has 102 valence electrons. The lowest BCUT2D eigenvalue weighted by molar-refractivity contribution is -0.146. The fourth-order valence-corrected chi connectivity index (χ4v) is 1.82. The molecular weight excluding hydrogens is 230 g/mol. The Balaban J connectivity index is 2.55. The molecule has 1 atom stereocenters. The van der Waals surface area contributed by atoms with Gasteiger partial charge in [0.1, 0.15) is 11.9 Å². The largest absolute Gasteiger partial charge is 0.465 e. The van der Waals surface area contributed by atoms with Gasteiger partial charge in [0, 0.05) is 25.0 Å². The summed E-state index contributed by atoms with van der Waals surface area (Å²) in [6, 6.07) is -0.00459. The Morgan fingerprint density at radius 2 is 2.28 bits per heavy atom. The predicted octanol–water partition coefficient (Wildman–Crippen LogP) is 1.51. The van der Waals surface area contributed by atoms with Crippen LogP contribution in [0.1, 0.15) is 33.0 Å². The normalized spacial score (nSPS) is 12.7. The Labute approximate surface area is 109 Å². The zero-order chi connectivity index (χ0) is 13.5. The van der Waals surface area contributed by atoms with E-state index in [0.29, 0.717) is 13.0 Å². The van der Waals surface area contributed by atoms with Crippen LogP contribution in [0.25, 0.3) is 0 Å². The van der Waals surface area contributed by atoms with Gasteiger partial charge in [-0.1, -0.05) is 13.8 Å². The highest BCUT2D eigenvalue weighted by atomic mass is 16.5. The Bertz CT molecular complexity index is 374. The highest BCUT2D eigenvalue weighted by molar-refractivity contribution is 5.75. The summed E-state index contributed by atoms with van der Waals surface area (Å²) in [5.41, 5.74) is 0. The van der Waals surface area contributed by atoms with Crippen molar-refractivity contribution in [2.24, 2.45) is 0 Å². The van der Waals surface area contributed by atoms with Crippen molar-refractivity contribution < 1.29 is 9.53 Å². The molecule has 0 aliphatic heterocycles. The van der Waals surface area contributed by atoms with Crippen molar-refractivity contribution in [3.63, 3.8) is 0 Å². The van der Waals surface area contributed by atoms with E-state index in [1.807, 2.05) is 38.5 Å². The fourth-order valence-electron chi connectivity index (χ4n) is 1.82. The van der Waals surface area contributed by atoms with E-state index < -0.39 is 0 Å². The van der Waals surface area contributed by atoms with Gasteiger partial charge in [0.05, 0.1) is 6.61 Å². The maximum atomic E-state index is 11.8. The molecule has 0 saturated carbocycles. The average molecular weight is 253 g/mol. The minimum absolute atomic E-state index is 0.177. The number of imidazole rings is 1. The Hall–Kier alpha value is -1.36. The maximum Gasteiger partial charge on any atom is 0.323 e. The van der Waals surface area contributed by atoms with Crippen LogP contribution in [-0.2, 0) is 16.1 Å². The Kier molecular flexibility index (Phi) is 5.85. The molecule has 1 unspecified atom stereocenters. The van der Waals surface area contributed by atoms with Gasteiger partial charge < -0.3 is 14.6 Å². The van der Waals surface area contributed by atoms with E-state index in [0.717, 1.165) is 12.4 Å². The molecule has 0 aliphatic carbocycles. The van der Waals surface area contributed by atoms with Gasteiger partial charge in [-0.3, -0.25) is 4.79 Å². The molecule has 1 aromatic rings. The van der Waals surface area contributed by atoms with Crippen molar-refractivity contribution in [2.75, 3.05) is 6.61 Å². The fraction of sp³-hybridized carbons (Fsp3) is 0.692. The first-order chi connectivity index (χ1) is 8.54. The third kappa shape index (κ3) is 4.49. The van der Waals surface area contributed by atoms with Gasteiger partial charge in [-0.05, 0) is 20.3 Å². The number of hydrogen-bond acceptors (Lipinski definition) is 4. The lowest BCUT2D eigenvalue weighted by Crippen LogP contribution is -2.42. The lowest BCUT2D eigenvalue weighted by atomic mass is 10.2. The molecule has 5 heteroatoms. The van der Waals surface area contributed by atoms with Gasteiger partial charge in [-0.2, -0.15) is 0 Å². The first-order valence-electron chi connectivity index (χ1n) is 6.45. The predicted molar refractivity (Wildman–Crippen MR) is 70.3 cm³/mol. The van der Waals surface area contributed by atoms with Crippen LogP contribution in [0.15, 0.2) is 12.4 Å². The number of hydrogen-bond donors (Lipinski definition) is 1. The van der Waals surface area contributed by atoms with Crippen molar-refractivity contribution in [2.45, 2.75) is 52.7 Å². The van der Waals surface area contributed by atoms with Crippen LogP contribution in [0.3, 0.4) is 0 Å². The summed E-state index contributed by atoms with van der Waals surface area (Å²) in [4.78, 5) is 16.0. The van der Waals surface area contributed by atoms with Crippen molar-refractivity contribution in [3.05, 3.63) is 18.2 Å². The summed E-state index contributed by atoms with van der Waals surface area (Å²) in [5, 5.41) is 3.24. The van der Waals surface area contributed by atoms with E-state index in [1.165, 1.54) is 0 Å². The van der Waals surface area contributed by atoms with E-state index in [4.69, 9.17) is 4.74 Å². The van der Waals surface area contributed by atoms with Crippen molar-refractivity contribution in [1.29, 1.82) is 0 Å². The molecule has 0 aliphatic rings. The van der Waals surface area contributed by atoms with Crippen LogP contribution in [0.5, 0.6) is 0 Å². The summed E-state index contributed by atoms with van der Waals surface area (Å²) < 4.78 is 7.11. The van der Waals surface area contributed by atoms with Crippen molar-refractivity contribution in [1.82, 2.24) is 14.9 Å². The standard InChI is InChI=1S/C13H23N3O2/c1-5-18-13(17)12(15-10(2)3)6-8-16-9-7-14-11(16)4/h7,9-10,12,15H,5-6,8H2,1-4H3. The molecule has 0 bridgehead atoms. The van der Waals surface area contributed by atoms with Crippen LogP contribution < -0.4 is 5.32 Å². The Morgan fingerprint density at radius 3 is 2.78 bits per heavy atom. The lowest BCUT2D eigenvalue weighted by Gasteiger charge is -2.20. The number of aryl methyl sites for hydroxylation is 2. The average Bonchev–Trinajstić information content (AvgIpc) is 2.70. The molecule has 0 amide bonds. The number of aromatic nitrogens is 2. The van der Waals surface area contributed by atoms with E-state index in [-0.39, 0.29) is 18.1 Å². The minimum atomic E-state index is -0.258. The van der Waals surface area contributed by atoms with Crippen LogP contribution in [-0.4, -0.2) is 34.2 Å². The number of carbonyl (C=O) groups excluding carboxylic acids is 1. The summed E-state index contributed by atoms with van der Waals surface area (Å²) >= 11 is 0. The molecule has 0 radical (unpaired) electrons. The van der Waals surface area contributed by atoms with Gasteiger partial charge in [-0.15, -0.1) is 0 Å². The smallest absolute Gasteiger partial charge is 0.323 e. The van der Waals surface area contributed by atoms with Gasteiger partial charge >= 0.3 is 5.97 Å². The molecule has 18 heavy (non-hydrogen) atoms. The summed E-state index contributed by atoms with van der Waals surface area (Å²) in [7, 11) is 0. The van der Waals surface area contributed by atoms with Gasteiger partial charge in [0.25, 0.3) is 0 Å². The molecular formula is C13H23N3O2. The molecule has 1 rings (SSSR count). The third-order valence-corrected chi connectivity index (χ3v) is 2.69. The van der Waals surface area contributed by atoms with Crippen LogP contribution in [0, 0.1) is 6.92 Å². The van der Waals surface area contributed by atoms with Crippen LogP contribution >= 0.6 is 0 Å². The number of ether oxygens (including phenoxy) is 1. The molecule has 0 aromatic carbocycles. The van der Waals surface area contributed by atoms with E-state index >= 15 is 0 Å². The molecule has 5 nitrogen and oxygen atoms in total. The Morgan fingerprint density at radius 1 is 1.56 bits per heavy atom. The molecule has 0 saturated heterocycles. The van der Waals surface area contributed by atoms with Crippen molar-refractivity contribution >= 4 is 5.97 Å². The highest BCUT2D eigenvalue weighted by Gasteiger charge is 2.20. The summed E-state index contributed by atoms with van der Waals surface area (Å²) in [6.45, 7) is 9.00. The first kappa shape index (κ1) is 14.7. The first-order valence-corrected chi connectivity index (χ1v) is 6.45.